The first-order valence-corrected chi connectivity index (χ1v) is 8.80. The third kappa shape index (κ3) is 3.29. The Hall–Kier alpha value is -2.25. The Kier molecular flexibility index (Phi) is 4.27. The number of hydrogen-bond acceptors (Lipinski definition) is 5. The summed E-state index contributed by atoms with van der Waals surface area (Å²) in [6.45, 7) is 1.56. The smallest absolute Gasteiger partial charge is 0.256 e. The van der Waals surface area contributed by atoms with Gasteiger partial charge in [-0.25, -0.2) is 4.98 Å². The number of anilines is 1. The molecule has 1 aromatic heterocycles. The Bertz CT molecular complexity index is 762. The normalized spacial score (nSPS) is 19.6. The van der Waals surface area contributed by atoms with Crippen LogP contribution < -0.4 is 10.6 Å². The minimum absolute atomic E-state index is 0.0951. The van der Waals surface area contributed by atoms with Crippen molar-refractivity contribution >= 4 is 11.6 Å². The average Bonchev–Trinajstić information content (AvgIpc) is 3.39. The number of carbonyl (C=O) groups is 1. The molecule has 7 nitrogen and oxygen atoms in total. The summed E-state index contributed by atoms with van der Waals surface area (Å²) in [5.74, 6) is 2.06. The largest absolute Gasteiger partial charge is 0.368 e. The van der Waals surface area contributed by atoms with Gasteiger partial charge >= 0.3 is 0 Å². The maximum absolute atomic E-state index is 12.8. The maximum Gasteiger partial charge on any atom is 0.256 e. The number of H-pyrrole nitrogens is 1. The predicted molar refractivity (Wildman–Crippen MR) is 94.3 cm³/mol. The lowest BCUT2D eigenvalue weighted by atomic mass is 9.91. The van der Waals surface area contributed by atoms with Gasteiger partial charge in [0.15, 0.2) is 5.82 Å². The number of methoxy groups -OCH3 is 1. The summed E-state index contributed by atoms with van der Waals surface area (Å²) in [6, 6.07) is 7.63. The summed E-state index contributed by atoms with van der Waals surface area (Å²) in [6.07, 6.45) is 3.69. The standard InChI is InChI=1S/C18H23N5O2/c1-25-18(7-9-19-10-8-18)17(24)20-14-4-2-3-13(11-14)16-21-15(22-23-16)12-5-6-12/h2-4,11-12,19H,5-10H2,1H3,(H,20,24)(H,21,22,23). The van der Waals surface area contributed by atoms with Crippen molar-refractivity contribution in [2.75, 3.05) is 25.5 Å². The SMILES string of the molecule is COC1(C(=O)Nc2cccc(-c3n[nH]c(C4CC4)n3)c2)CCNCC1. The molecule has 0 bridgehead atoms. The minimum atomic E-state index is -0.759. The van der Waals surface area contributed by atoms with E-state index in [4.69, 9.17) is 4.74 Å². The summed E-state index contributed by atoms with van der Waals surface area (Å²) in [7, 11) is 1.61. The van der Waals surface area contributed by atoms with E-state index >= 15 is 0 Å². The zero-order chi connectivity index (χ0) is 17.3. The van der Waals surface area contributed by atoms with Gasteiger partial charge in [0.05, 0.1) is 0 Å². The molecule has 3 N–H and O–H groups in total. The number of rotatable bonds is 5. The van der Waals surface area contributed by atoms with Crippen LogP contribution in [0.1, 0.15) is 37.4 Å². The number of aromatic nitrogens is 3. The summed E-state index contributed by atoms with van der Waals surface area (Å²) in [5, 5.41) is 13.6. The number of aromatic amines is 1. The van der Waals surface area contributed by atoms with Gasteiger partial charge in [-0.3, -0.25) is 9.89 Å². The molecule has 0 unspecified atom stereocenters. The van der Waals surface area contributed by atoms with Crippen LogP contribution in [0, 0.1) is 0 Å². The van der Waals surface area contributed by atoms with Crippen molar-refractivity contribution in [1.82, 2.24) is 20.5 Å². The van der Waals surface area contributed by atoms with Crippen LogP contribution in [0.5, 0.6) is 0 Å². The quantitative estimate of drug-likeness (QED) is 0.774. The van der Waals surface area contributed by atoms with Crippen LogP contribution in [0.4, 0.5) is 5.69 Å². The Labute approximate surface area is 146 Å². The van der Waals surface area contributed by atoms with Crippen molar-refractivity contribution in [3.05, 3.63) is 30.1 Å². The van der Waals surface area contributed by atoms with Gasteiger partial charge in [-0.2, -0.15) is 5.10 Å². The van der Waals surface area contributed by atoms with Gasteiger partial charge in [0.1, 0.15) is 11.4 Å². The van der Waals surface area contributed by atoms with Crippen molar-refractivity contribution < 1.29 is 9.53 Å². The third-order valence-corrected chi connectivity index (χ3v) is 5.06. The molecule has 25 heavy (non-hydrogen) atoms. The first-order valence-electron chi connectivity index (χ1n) is 8.80. The first kappa shape index (κ1) is 16.2. The minimum Gasteiger partial charge on any atom is -0.368 e. The second kappa shape index (κ2) is 6.57. The summed E-state index contributed by atoms with van der Waals surface area (Å²) < 4.78 is 5.58. The highest BCUT2D eigenvalue weighted by atomic mass is 16.5. The molecule has 1 amide bonds. The van der Waals surface area contributed by atoms with Gasteiger partial charge in [-0.1, -0.05) is 12.1 Å². The van der Waals surface area contributed by atoms with Crippen LogP contribution in [0.15, 0.2) is 24.3 Å². The number of piperidine rings is 1. The summed E-state index contributed by atoms with van der Waals surface area (Å²) in [4.78, 5) is 17.3. The average molecular weight is 341 g/mol. The van der Waals surface area contributed by atoms with Crippen molar-refractivity contribution in [3.63, 3.8) is 0 Å². The fourth-order valence-electron chi connectivity index (χ4n) is 3.28. The molecule has 132 valence electrons. The fraction of sp³-hybridized carbons (Fsp3) is 0.500. The van der Waals surface area contributed by atoms with Crippen LogP contribution in [0.3, 0.4) is 0 Å². The van der Waals surface area contributed by atoms with Gasteiger partial charge in [0.2, 0.25) is 0 Å². The van der Waals surface area contributed by atoms with Crippen LogP contribution in [0.25, 0.3) is 11.4 Å². The summed E-state index contributed by atoms with van der Waals surface area (Å²) >= 11 is 0. The van der Waals surface area contributed by atoms with E-state index < -0.39 is 5.60 Å². The molecule has 1 saturated heterocycles. The molecule has 1 aromatic carbocycles. The van der Waals surface area contributed by atoms with Crippen molar-refractivity contribution in [3.8, 4) is 11.4 Å². The van der Waals surface area contributed by atoms with Crippen LogP contribution >= 0.6 is 0 Å². The molecule has 0 atom stereocenters. The molecule has 0 radical (unpaired) electrons. The Morgan fingerprint density at radius 3 is 2.84 bits per heavy atom. The molecule has 2 fully saturated rings. The number of hydrogen-bond donors (Lipinski definition) is 3. The van der Waals surface area contributed by atoms with E-state index in [1.807, 2.05) is 24.3 Å². The third-order valence-electron chi connectivity index (χ3n) is 5.06. The lowest BCUT2D eigenvalue weighted by Gasteiger charge is -2.34. The first-order chi connectivity index (χ1) is 12.2. The molecule has 2 heterocycles. The molecule has 1 aliphatic heterocycles. The van der Waals surface area contributed by atoms with Crippen molar-refractivity contribution in [2.45, 2.75) is 37.2 Å². The van der Waals surface area contributed by atoms with Gasteiger partial charge in [0.25, 0.3) is 5.91 Å². The Morgan fingerprint density at radius 2 is 2.12 bits per heavy atom. The summed E-state index contributed by atoms with van der Waals surface area (Å²) in [5.41, 5.74) is 0.860. The van der Waals surface area contributed by atoms with E-state index in [0.29, 0.717) is 24.6 Å². The maximum atomic E-state index is 12.8. The van der Waals surface area contributed by atoms with E-state index in [-0.39, 0.29) is 5.91 Å². The molecule has 1 saturated carbocycles. The molecular formula is C18H23N5O2. The molecule has 2 aromatic rings. The monoisotopic (exact) mass is 341 g/mol. The van der Waals surface area contributed by atoms with Gasteiger partial charge in [0, 0.05) is 24.3 Å². The Balaban J connectivity index is 1.51. The van der Waals surface area contributed by atoms with Crippen molar-refractivity contribution in [1.29, 1.82) is 0 Å². The highest BCUT2D eigenvalue weighted by molar-refractivity contribution is 5.97. The zero-order valence-corrected chi connectivity index (χ0v) is 14.3. The van der Waals surface area contributed by atoms with E-state index in [1.54, 1.807) is 7.11 Å². The van der Waals surface area contributed by atoms with E-state index in [0.717, 1.165) is 30.2 Å². The van der Waals surface area contributed by atoms with E-state index in [1.165, 1.54) is 12.8 Å². The molecule has 1 aliphatic carbocycles. The lowest BCUT2D eigenvalue weighted by molar-refractivity contribution is -0.140. The molecule has 4 rings (SSSR count). The van der Waals surface area contributed by atoms with Crippen LogP contribution in [-0.2, 0) is 9.53 Å². The van der Waals surface area contributed by atoms with Crippen LogP contribution in [0.2, 0.25) is 0 Å². The molecule has 2 aliphatic rings. The van der Waals surface area contributed by atoms with Gasteiger partial charge in [-0.05, 0) is 50.9 Å². The fourth-order valence-corrected chi connectivity index (χ4v) is 3.28. The highest BCUT2D eigenvalue weighted by Gasteiger charge is 2.39. The van der Waals surface area contributed by atoms with Gasteiger partial charge in [-0.15, -0.1) is 0 Å². The lowest BCUT2D eigenvalue weighted by Crippen LogP contribution is -2.51. The molecular weight excluding hydrogens is 318 g/mol. The highest BCUT2D eigenvalue weighted by Crippen LogP contribution is 2.38. The molecule has 0 spiro atoms. The Morgan fingerprint density at radius 1 is 1.32 bits per heavy atom. The topological polar surface area (TPSA) is 91.9 Å². The second-order valence-corrected chi connectivity index (χ2v) is 6.80. The zero-order valence-electron chi connectivity index (χ0n) is 14.3. The number of nitrogens with zero attached hydrogens (tertiary/aromatic N) is 2. The number of carbonyl (C=O) groups excluding carboxylic acids is 1. The van der Waals surface area contributed by atoms with E-state index in [9.17, 15) is 4.79 Å². The van der Waals surface area contributed by atoms with E-state index in [2.05, 4.69) is 25.8 Å². The second-order valence-electron chi connectivity index (χ2n) is 6.80. The number of nitrogens with one attached hydrogen (secondary N) is 3. The van der Waals surface area contributed by atoms with Crippen molar-refractivity contribution in [2.24, 2.45) is 0 Å². The predicted octanol–water partition coefficient (Wildman–Crippen LogP) is 2.06. The molecule has 7 heteroatoms. The number of ether oxygens (including phenoxy) is 1. The van der Waals surface area contributed by atoms with Crippen LogP contribution in [-0.4, -0.2) is 46.9 Å². The number of benzene rings is 1. The number of amides is 1. The van der Waals surface area contributed by atoms with Gasteiger partial charge < -0.3 is 15.4 Å².